The Bertz CT molecular complexity index is 3230. The van der Waals surface area contributed by atoms with Crippen molar-refractivity contribution in [1.29, 1.82) is 0 Å². The minimum Gasteiger partial charge on any atom is -0.456 e. The average molecular weight is 722 g/mol. The SMILES string of the molecule is C=C(C)/C=C\C=C(/C)c1nc(-c2ccc(-c3cccc4oc5cc(-c6ccc7ccccc7c6)ccc5c34)cc2)nc(-c2cccc3oc4ccccc4c23)n1. The largest absolute Gasteiger partial charge is 0.456 e. The van der Waals surface area contributed by atoms with Gasteiger partial charge < -0.3 is 8.83 Å². The Morgan fingerprint density at radius 1 is 0.500 bits per heavy atom. The lowest BCUT2D eigenvalue weighted by molar-refractivity contribution is 0.668. The molecule has 0 amide bonds. The van der Waals surface area contributed by atoms with E-state index in [4.69, 9.17) is 23.8 Å². The van der Waals surface area contributed by atoms with E-state index in [1.807, 2.05) is 68.5 Å². The van der Waals surface area contributed by atoms with Gasteiger partial charge in [0.05, 0.1) is 0 Å². The van der Waals surface area contributed by atoms with Crippen LogP contribution in [0.15, 0.2) is 185 Å². The maximum Gasteiger partial charge on any atom is 0.164 e. The van der Waals surface area contributed by atoms with Crippen molar-refractivity contribution in [2.75, 3.05) is 0 Å². The predicted molar refractivity (Wildman–Crippen MR) is 231 cm³/mol. The lowest BCUT2D eigenvalue weighted by Crippen LogP contribution is -2.02. The molecule has 0 atom stereocenters. The number of rotatable bonds is 7. The van der Waals surface area contributed by atoms with Crippen LogP contribution in [0.25, 0.3) is 105 Å². The van der Waals surface area contributed by atoms with Crippen LogP contribution >= 0.6 is 0 Å². The van der Waals surface area contributed by atoms with Gasteiger partial charge in [-0.3, -0.25) is 0 Å². The van der Waals surface area contributed by atoms with E-state index in [2.05, 4.69) is 116 Å². The predicted octanol–water partition coefficient (Wildman–Crippen LogP) is 14.0. The molecule has 0 aliphatic rings. The van der Waals surface area contributed by atoms with Crippen LogP contribution in [0.3, 0.4) is 0 Å². The van der Waals surface area contributed by atoms with E-state index in [1.165, 1.54) is 10.8 Å². The molecule has 0 unspecified atom stereocenters. The second kappa shape index (κ2) is 13.5. The molecule has 5 heteroatoms. The van der Waals surface area contributed by atoms with Crippen LogP contribution in [-0.2, 0) is 0 Å². The number of allylic oxidation sites excluding steroid dienone is 5. The van der Waals surface area contributed by atoms with E-state index in [0.29, 0.717) is 17.5 Å². The topological polar surface area (TPSA) is 65.0 Å². The molecule has 0 fully saturated rings. The minimum absolute atomic E-state index is 0.584. The van der Waals surface area contributed by atoms with Crippen molar-refractivity contribution < 1.29 is 8.83 Å². The maximum absolute atomic E-state index is 6.49. The van der Waals surface area contributed by atoms with Crippen LogP contribution in [0.1, 0.15) is 19.7 Å². The molecule has 0 aliphatic carbocycles. The number of hydrogen-bond acceptors (Lipinski definition) is 5. The molecular weight excluding hydrogens is 687 g/mol. The molecule has 3 heterocycles. The summed E-state index contributed by atoms with van der Waals surface area (Å²) in [7, 11) is 0. The van der Waals surface area contributed by atoms with E-state index < -0.39 is 0 Å². The summed E-state index contributed by atoms with van der Waals surface area (Å²) in [6.07, 6.45) is 5.95. The van der Waals surface area contributed by atoms with Gasteiger partial charge in [-0.2, -0.15) is 0 Å². The molecule has 5 nitrogen and oxygen atoms in total. The highest BCUT2D eigenvalue weighted by Gasteiger charge is 2.18. The second-order valence-corrected chi connectivity index (χ2v) is 14.3. The van der Waals surface area contributed by atoms with Gasteiger partial charge >= 0.3 is 0 Å². The summed E-state index contributed by atoms with van der Waals surface area (Å²) >= 11 is 0. The summed E-state index contributed by atoms with van der Waals surface area (Å²) in [4.78, 5) is 15.1. The molecule has 266 valence electrons. The first-order chi connectivity index (χ1) is 27.5. The van der Waals surface area contributed by atoms with Gasteiger partial charge in [-0.15, -0.1) is 0 Å². The molecule has 3 aromatic heterocycles. The first-order valence-corrected chi connectivity index (χ1v) is 18.7. The van der Waals surface area contributed by atoms with E-state index in [1.54, 1.807) is 0 Å². The molecule has 0 bridgehead atoms. The fraction of sp³-hybridized carbons (Fsp3) is 0.0392. The highest BCUT2D eigenvalue weighted by Crippen LogP contribution is 2.40. The van der Waals surface area contributed by atoms with Crippen molar-refractivity contribution in [2.24, 2.45) is 0 Å². The van der Waals surface area contributed by atoms with Gasteiger partial charge in [0, 0.05) is 32.7 Å². The zero-order chi connectivity index (χ0) is 37.8. The van der Waals surface area contributed by atoms with Crippen molar-refractivity contribution in [1.82, 2.24) is 15.0 Å². The van der Waals surface area contributed by atoms with Gasteiger partial charge in [-0.1, -0.05) is 140 Å². The monoisotopic (exact) mass is 721 g/mol. The van der Waals surface area contributed by atoms with Crippen molar-refractivity contribution in [3.63, 3.8) is 0 Å². The summed E-state index contributed by atoms with van der Waals surface area (Å²) in [5.74, 6) is 1.77. The summed E-state index contributed by atoms with van der Waals surface area (Å²) in [6, 6.07) is 50.4. The molecule has 56 heavy (non-hydrogen) atoms. The fourth-order valence-corrected chi connectivity index (χ4v) is 7.61. The standard InChI is InChI=1S/C51H35N3O2/c1-31(2)11-8-12-32(3)49-52-50(54-51(53-49)42-17-10-20-45-48(42)40-15-6-7-18-43(40)55-45)35-24-22-34(23-25-35)39-16-9-19-44-47(39)41-28-27-38(30-46(41)56-44)37-26-21-33-13-4-5-14-36(33)29-37/h4-30H,1H2,2-3H3/b11-8-,32-12+. The Hall–Kier alpha value is -7.37. The Kier molecular flexibility index (Phi) is 8.00. The Labute approximate surface area is 323 Å². The Morgan fingerprint density at radius 3 is 1.93 bits per heavy atom. The molecule has 0 saturated carbocycles. The molecule has 10 aromatic rings. The number of para-hydroxylation sites is 1. The number of fused-ring (bicyclic) bond motifs is 7. The van der Waals surface area contributed by atoms with Crippen LogP contribution in [0, 0.1) is 0 Å². The number of hydrogen-bond donors (Lipinski definition) is 0. The summed E-state index contributed by atoms with van der Waals surface area (Å²) in [5.41, 5.74) is 11.5. The van der Waals surface area contributed by atoms with Crippen LogP contribution in [0.5, 0.6) is 0 Å². The summed E-state index contributed by atoms with van der Waals surface area (Å²) in [6.45, 7) is 7.98. The Balaban J connectivity index is 1.06. The van der Waals surface area contributed by atoms with Gasteiger partial charge in [0.15, 0.2) is 17.5 Å². The zero-order valence-corrected chi connectivity index (χ0v) is 31.0. The van der Waals surface area contributed by atoms with Crippen LogP contribution in [0.4, 0.5) is 0 Å². The molecule has 0 saturated heterocycles. The smallest absolute Gasteiger partial charge is 0.164 e. The fourth-order valence-electron chi connectivity index (χ4n) is 7.61. The van der Waals surface area contributed by atoms with Gasteiger partial charge in [0.25, 0.3) is 0 Å². The first-order valence-electron chi connectivity index (χ1n) is 18.7. The first kappa shape index (κ1) is 33.2. The normalized spacial score (nSPS) is 12.2. The number of aromatic nitrogens is 3. The third-order valence-electron chi connectivity index (χ3n) is 10.4. The molecule has 0 radical (unpaired) electrons. The van der Waals surface area contributed by atoms with Gasteiger partial charge in [0.2, 0.25) is 0 Å². The second-order valence-electron chi connectivity index (χ2n) is 14.3. The number of nitrogens with zero attached hydrogens (tertiary/aromatic N) is 3. The molecular formula is C51H35N3O2. The highest BCUT2D eigenvalue weighted by molar-refractivity contribution is 6.13. The maximum atomic E-state index is 6.49. The quantitative estimate of drug-likeness (QED) is 0.153. The third-order valence-corrected chi connectivity index (χ3v) is 10.4. The summed E-state index contributed by atoms with van der Waals surface area (Å²) < 4.78 is 12.7. The zero-order valence-electron chi connectivity index (χ0n) is 31.0. The molecule has 10 rings (SSSR count). The van der Waals surface area contributed by atoms with E-state index >= 15 is 0 Å². The lowest BCUT2D eigenvalue weighted by atomic mass is 9.97. The van der Waals surface area contributed by atoms with Crippen molar-refractivity contribution in [2.45, 2.75) is 13.8 Å². The van der Waals surface area contributed by atoms with Crippen molar-refractivity contribution in [3.8, 4) is 45.0 Å². The van der Waals surface area contributed by atoms with Crippen molar-refractivity contribution >= 4 is 60.2 Å². The van der Waals surface area contributed by atoms with E-state index in [9.17, 15) is 0 Å². The molecule has 0 N–H and O–H groups in total. The molecule has 0 aliphatic heterocycles. The van der Waals surface area contributed by atoms with Crippen LogP contribution in [-0.4, -0.2) is 15.0 Å². The van der Waals surface area contributed by atoms with Gasteiger partial charge in [-0.05, 0) is 88.8 Å². The van der Waals surface area contributed by atoms with Crippen LogP contribution in [0.2, 0.25) is 0 Å². The van der Waals surface area contributed by atoms with Gasteiger partial charge in [-0.25, -0.2) is 15.0 Å². The lowest BCUT2D eigenvalue weighted by Gasteiger charge is -2.10. The minimum atomic E-state index is 0.584. The number of benzene rings is 7. The van der Waals surface area contributed by atoms with E-state index in [-0.39, 0.29) is 0 Å². The Morgan fingerprint density at radius 2 is 1.11 bits per heavy atom. The van der Waals surface area contributed by atoms with E-state index in [0.717, 1.165) is 88.4 Å². The van der Waals surface area contributed by atoms with Crippen molar-refractivity contribution in [3.05, 3.63) is 182 Å². The average Bonchev–Trinajstić information content (AvgIpc) is 3.81. The van der Waals surface area contributed by atoms with Crippen LogP contribution < -0.4 is 0 Å². The van der Waals surface area contributed by atoms with Gasteiger partial charge in [0.1, 0.15) is 22.3 Å². The highest BCUT2D eigenvalue weighted by atomic mass is 16.3. The number of furan rings is 2. The molecule has 0 spiro atoms. The molecule has 7 aromatic carbocycles. The third kappa shape index (κ3) is 5.87. The summed E-state index contributed by atoms with van der Waals surface area (Å²) in [5, 5.41) is 6.63.